The summed E-state index contributed by atoms with van der Waals surface area (Å²) in [5.41, 5.74) is 4.73. The monoisotopic (exact) mass is 899 g/mol. The van der Waals surface area contributed by atoms with E-state index in [4.69, 9.17) is 20.1 Å². The number of carboxylic acid groups (broad SMARTS) is 1. The van der Waals surface area contributed by atoms with Gasteiger partial charge in [-0.2, -0.15) is 0 Å². The molecule has 0 radical (unpaired) electrons. The Morgan fingerprint density at radius 3 is 1.35 bits per heavy atom. The van der Waals surface area contributed by atoms with E-state index in [0.717, 1.165) is 38.8 Å². The van der Waals surface area contributed by atoms with Crippen LogP contribution in [0.2, 0.25) is 0 Å². The van der Waals surface area contributed by atoms with Gasteiger partial charge in [-0.05, 0) is 73.5 Å². The molecule has 8 rings (SSSR count). The molecule has 2 saturated heterocycles. The number of hydrogen-bond donors (Lipinski definition) is 5. The molecular weight excluding hydrogens is 847 g/mol. The summed E-state index contributed by atoms with van der Waals surface area (Å²) < 4.78 is 0. The first-order chi connectivity index (χ1) is 31.6. The van der Waals surface area contributed by atoms with Crippen molar-refractivity contribution in [3.05, 3.63) is 96.1 Å². The third kappa shape index (κ3) is 10.6. The van der Waals surface area contributed by atoms with E-state index < -0.39 is 36.4 Å². The number of anilines is 2. The molecule has 0 saturated carbocycles. The zero-order valence-electron chi connectivity index (χ0n) is 37.2. The van der Waals surface area contributed by atoms with E-state index in [9.17, 15) is 39.6 Å². The van der Waals surface area contributed by atoms with Gasteiger partial charge < -0.3 is 50.0 Å². The fourth-order valence-corrected chi connectivity index (χ4v) is 7.88. The summed E-state index contributed by atoms with van der Waals surface area (Å²) in [4.78, 5) is 75.1. The predicted molar refractivity (Wildman–Crippen MR) is 248 cm³/mol. The summed E-state index contributed by atoms with van der Waals surface area (Å²) in [6, 6.07) is 25.8. The fourth-order valence-electron chi connectivity index (χ4n) is 7.88. The van der Waals surface area contributed by atoms with E-state index >= 15 is 0 Å². The molecular formula is C48H53N9O9. The molecule has 18 heteroatoms. The number of aliphatic hydroxyl groups is 2. The van der Waals surface area contributed by atoms with Crippen molar-refractivity contribution in [1.82, 2.24) is 34.6 Å². The third-order valence-corrected chi connectivity index (χ3v) is 11.5. The van der Waals surface area contributed by atoms with Crippen LogP contribution in [0.15, 0.2) is 84.9 Å². The SMILES string of the molecule is Cc1ccc2c(N3CCN(C(=O)[C@H](O)CC(=O)N(C)C)CC3)nc(-c3ccccc3O)nc2c1.Cc1ccc2c(N3CCN(C(=O)[C@H](O)CC(=O)O)CC3)nc(-c3ccccc3O)nc2c1. The maximum Gasteiger partial charge on any atom is 0.306 e. The predicted octanol–water partition coefficient (Wildman–Crippen LogP) is 3.59. The van der Waals surface area contributed by atoms with Crippen LogP contribution in [0, 0.1) is 13.8 Å². The largest absolute Gasteiger partial charge is 0.507 e. The molecule has 18 nitrogen and oxygen atoms in total. The van der Waals surface area contributed by atoms with Crippen LogP contribution in [-0.2, 0) is 19.2 Å². The average Bonchev–Trinajstić information content (AvgIpc) is 3.30. The minimum Gasteiger partial charge on any atom is -0.507 e. The Bertz CT molecular complexity index is 2770. The number of carbonyl (C=O) groups excluding carboxylic acids is 3. The Morgan fingerprint density at radius 2 is 0.970 bits per heavy atom. The number of aromatic hydroxyl groups is 2. The van der Waals surface area contributed by atoms with E-state index in [2.05, 4.69) is 9.88 Å². The number of benzene rings is 4. The van der Waals surface area contributed by atoms with Crippen LogP contribution >= 0.6 is 0 Å². The fraction of sp³-hybridized carbons (Fsp3) is 0.333. The maximum atomic E-state index is 12.7. The number of phenols is 2. The summed E-state index contributed by atoms with van der Waals surface area (Å²) in [6.07, 6.45) is -3.74. The summed E-state index contributed by atoms with van der Waals surface area (Å²) in [7, 11) is 3.19. The number of para-hydroxylation sites is 2. The van der Waals surface area contributed by atoms with Crippen LogP contribution in [0.25, 0.3) is 44.6 Å². The van der Waals surface area contributed by atoms with Gasteiger partial charge in [-0.25, -0.2) is 19.9 Å². The van der Waals surface area contributed by atoms with Gasteiger partial charge in [0.15, 0.2) is 11.6 Å². The van der Waals surface area contributed by atoms with Crippen molar-refractivity contribution in [2.24, 2.45) is 0 Å². The van der Waals surface area contributed by atoms with Crippen LogP contribution in [0.4, 0.5) is 11.6 Å². The smallest absolute Gasteiger partial charge is 0.306 e. The number of rotatable bonds is 10. The molecule has 0 bridgehead atoms. The van der Waals surface area contributed by atoms with Crippen molar-refractivity contribution in [1.29, 1.82) is 0 Å². The molecule has 344 valence electrons. The molecule has 2 aliphatic heterocycles. The Balaban J connectivity index is 0.000000197. The number of hydrogen-bond acceptors (Lipinski definition) is 14. The van der Waals surface area contributed by atoms with Crippen LogP contribution in [0.5, 0.6) is 11.5 Å². The van der Waals surface area contributed by atoms with Gasteiger partial charge in [-0.3, -0.25) is 19.2 Å². The van der Waals surface area contributed by atoms with Crippen LogP contribution in [0.1, 0.15) is 24.0 Å². The van der Waals surface area contributed by atoms with E-state index in [-0.39, 0.29) is 23.8 Å². The van der Waals surface area contributed by atoms with Crippen LogP contribution < -0.4 is 9.80 Å². The van der Waals surface area contributed by atoms with Crippen molar-refractivity contribution in [2.75, 3.05) is 76.3 Å². The molecule has 4 heterocycles. The van der Waals surface area contributed by atoms with Gasteiger partial charge in [0.2, 0.25) is 5.91 Å². The summed E-state index contributed by atoms with van der Waals surface area (Å²) >= 11 is 0. The van der Waals surface area contributed by atoms with Gasteiger partial charge in [-0.1, -0.05) is 36.4 Å². The summed E-state index contributed by atoms with van der Waals surface area (Å²) in [5, 5.41) is 51.3. The lowest BCUT2D eigenvalue weighted by molar-refractivity contribution is -0.148. The normalized spacial score (nSPS) is 14.9. The van der Waals surface area contributed by atoms with Gasteiger partial charge in [0, 0.05) is 77.2 Å². The number of carbonyl (C=O) groups is 4. The number of carboxylic acids is 1. The highest BCUT2D eigenvalue weighted by Crippen LogP contribution is 2.34. The Morgan fingerprint density at radius 1 is 0.576 bits per heavy atom. The highest BCUT2D eigenvalue weighted by atomic mass is 16.4. The average molecular weight is 900 g/mol. The highest BCUT2D eigenvalue weighted by Gasteiger charge is 2.31. The number of aryl methyl sites for hydroxylation is 2. The van der Waals surface area contributed by atoms with Gasteiger partial charge in [0.05, 0.1) is 35.0 Å². The highest BCUT2D eigenvalue weighted by molar-refractivity contribution is 5.94. The van der Waals surface area contributed by atoms with Crippen molar-refractivity contribution >= 4 is 57.1 Å². The lowest BCUT2D eigenvalue weighted by atomic mass is 10.1. The van der Waals surface area contributed by atoms with E-state index in [1.54, 1.807) is 55.4 Å². The second-order valence-corrected chi connectivity index (χ2v) is 16.6. The molecule has 66 heavy (non-hydrogen) atoms. The standard InChI is InChI=1S/C25H29N5O4.C23H24N4O5/c1-16-8-9-17-19(14-16)26-23(18-6-4-5-7-20(18)31)27-24(17)29-10-12-30(13-11-29)25(34)21(32)15-22(33)28(2)3;1-14-6-7-15-17(12-14)24-21(16-4-2-3-5-18(16)28)25-22(15)26-8-10-27(11-9-26)23(32)19(29)13-20(30)31/h4-9,14,21,31-32H,10-13,15H2,1-3H3;2-7,12,19,28-29H,8-11,13H2,1H3,(H,30,31)/t21-;19-/m11/s1. The maximum absolute atomic E-state index is 12.7. The third-order valence-electron chi connectivity index (χ3n) is 11.5. The first kappa shape index (κ1) is 46.5. The molecule has 2 atom stereocenters. The molecule has 5 N–H and O–H groups in total. The molecule has 2 fully saturated rings. The molecule has 0 spiro atoms. The first-order valence-corrected chi connectivity index (χ1v) is 21.6. The topological polar surface area (TPSA) is 237 Å². The van der Waals surface area contributed by atoms with E-state index in [1.165, 1.54) is 9.80 Å². The first-order valence-electron chi connectivity index (χ1n) is 21.6. The van der Waals surface area contributed by atoms with Crippen molar-refractivity contribution in [3.63, 3.8) is 0 Å². The lowest BCUT2D eigenvalue weighted by Gasteiger charge is -2.36. The zero-order valence-corrected chi connectivity index (χ0v) is 37.2. The van der Waals surface area contributed by atoms with E-state index in [1.807, 2.05) is 67.3 Å². The van der Waals surface area contributed by atoms with Gasteiger partial charge in [0.25, 0.3) is 11.8 Å². The van der Waals surface area contributed by atoms with Crippen molar-refractivity contribution in [2.45, 2.75) is 38.9 Å². The van der Waals surface area contributed by atoms with Crippen LogP contribution in [0.3, 0.4) is 0 Å². The number of aliphatic carboxylic acids is 1. The molecule has 6 aromatic rings. The quantitative estimate of drug-likeness (QED) is 0.132. The second-order valence-electron chi connectivity index (χ2n) is 16.6. The minimum absolute atomic E-state index is 0.0910. The molecule has 2 aromatic heterocycles. The van der Waals surface area contributed by atoms with Crippen molar-refractivity contribution in [3.8, 4) is 34.3 Å². The Hall–Kier alpha value is -7.44. The van der Waals surface area contributed by atoms with E-state index in [0.29, 0.717) is 81.0 Å². The number of nitrogens with zero attached hydrogens (tertiary/aromatic N) is 9. The number of piperazine rings is 2. The van der Waals surface area contributed by atoms with Gasteiger partial charge in [-0.15, -0.1) is 0 Å². The number of phenolic OH excluding ortho intramolecular Hbond substituents is 2. The van der Waals surface area contributed by atoms with Gasteiger partial charge >= 0.3 is 5.97 Å². The number of amides is 3. The minimum atomic E-state index is -1.55. The molecule has 3 amide bonds. The number of aromatic nitrogens is 4. The summed E-state index contributed by atoms with van der Waals surface area (Å²) in [5.74, 6) is -0.0506. The molecule has 0 aliphatic carbocycles. The molecule has 4 aromatic carbocycles. The van der Waals surface area contributed by atoms with Crippen LogP contribution in [-0.4, -0.2) is 163 Å². The number of fused-ring (bicyclic) bond motifs is 2. The number of aliphatic hydroxyl groups excluding tert-OH is 2. The Kier molecular flexibility index (Phi) is 14.2. The van der Waals surface area contributed by atoms with Gasteiger partial charge in [0.1, 0.15) is 35.3 Å². The second kappa shape index (κ2) is 20.2. The van der Waals surface area contributed by atoms with Crippen molar-refractivity contribution < 1.29 is 44.7 Å². The lowest BCUT2D eigenvalue weighted by Crippen LogP contribution is -2.52. The molecule has 2 aliphatic rings. The molecule has 0 unspecified atom stereocenters. The summed E-state index contributed by atoms with van der Waals surface area (Å²) in [6.45, 7) is 7.39. The Labute approximate surface area is 381 Å². The zero-order chi connectivity index (χ0) is 47.2.